The lowest BCUT2D eigenvalue weighted by atomic mass is 10.1. The lowest BCUT2D eigenvalue weighted by Gasteiger charge is -1.98. The summed E-state index contributed by atoms with van der Waals surface area (Å²) < 4.78 is 0. The van der Waals surface area contributed by atoms with Crippen LogP contribution in [0.2, 0.25) is 0 Å². The van der Waals surface area contributed by atoms with E-state index < -0.39 is 0 Å². The second-order valence-corrected chi connectivity index (χ2v) is 2.75. The zero-order chi connectivity index (χ0) is 10.4. The van der Waals surface area contributed by atoms with Crippen LogP contribution in [0.25, 0.3) is 0 Å². The molecule has 3 nitrogen and oxygen atoms in total. The number of halogens is 1. The van der Waals surface area contributed by atoms with Crippen LogP contribution in [0, 0.1) is 11.8 Å². The Balaban J connectivity index is 2.83. The maximum Gasteiger partial charge on any atom is 0.265 e. The highest BCUT2D eigenvalue weighted by Crippen LogP contribution is 2.02. The summed E-state index contributed by atoms with van der Waals surface area (Å²) in [6.07, 6.45) is 0. The molecule has 0 aliphatic heterocycles. The Bertz CT molecular complexity index is 375. The normalized spacial score (nSPS) is 8.71. The molecule has 4 heteroatoms. The quantitative estimate of drug-likeness (QED) is 0.237. The van der Waals surface area contributed by atoms with Gasteiger partial charge in [0.2, 0.25) is 0 Å². The van der Waals surface area contributed by atoms with E-state index in [4.69, 9.17) is 17.4 Å². The average molecular weight is 209 g/mol. The first-order chi connectivity index (χ1) is 6.77. The Morgan fingerprint density at radius 3 is 2.57 bits per heavy atom. The van der Waals surface area contributed by atoms with Crippen LogP contribution in [-0.2, 0) is 0 Å². The van der Waals surface area contributed by atoms with E-state index in [1.807, 2.05) is 5.43 Å². The van der Waals surface area contributed by atoms with Gasteiger partial charge in [0.15, 0.2) is 0 Å². The van der Waals surface area contributed by atoms with Crippen molar-refractivity contribution >= 4 is 17.5 Å². The molecule has 14 heavy (non-hydrogen) atoms. The molecule has 0 bridgehead atoms. The number of hydrazine groups is 1. The second-order valence-electron chi connectivity index (χ2n) is 2.49. The molecular weight excluding hydrogens is 200 g/mol. The number of nitrogens with one attached hydrogen (secondary N) is 1. The molecular formula is C10H9ClN2O. The Kier molecular flexibility index (Phi) is 3.99. The van der Waals surface area contributed by atoms with Gasteiger partial charge in [-0.3, -0.25) is 10.2 Å². The molecule has 0 unspecified atom stereocenters. The molecule has 1 amide bonds. The van der Waals surface area contributed by atoms with Gasteiger partial charge in [0.1, 0.15) is 0 Å². The van der Waals surface area contributed by atoms with Crippen LogP contribution >= 0.6 is 11.6 Å². The zero-order valence-electron chi connectivity index (χ0n) is 7.38. The van der Waals surface area contributed by atoms with Gasteiger partial charge < -0.3 is 0 Å². The fourth-order valence-electron chi connectivity index (χ4n) is 0.924. The average Bonchev–Trinajstić information content (AvgIpc) is 2.26. The summed E-state index contributed by atoms with van der Waals surface area (Å²) in [5.41, 5.74) is 3.37. The summed E-state index contributed by atoms with van der Waals surface area (Å²) >= 11 is 5.40. The minimum atomic E-state index is -0.318. The maximum atomic E-state index is 11.0. The fraction of sp³-hybridized carbons (Fsp3) is 0.100. The van der Waals surface area contributed by atoms with Crippen molar-refractivity contribution in [1.82, 2.24) is 5.43 Å². The SMILES string of the molecule is NNC(=O)c1ccc(C#CCCl)cc1. The number of nitrogens with two attached hydrogens (primary N) is 1. The highest BCUT2D eigenvalue weighted by molar-refractivity contribution is 6.19. The third-order valence-electron chi connectivity index (χ3n) is 1.58. The zero-order valence-corrected chi connectivity index (χ0v) is 8.14. The van der Waals surface area contributed by atoms with Gasteiger partial charge in [-0.1, -0.05) is 11.8 Å². The van der Waals surface area contributed by atoms with Gasteiger partial charge in [0.25, 0.3) is 5.91 Å². The summed E-state index contributed by atoms with van der Waals surface area (Å²) in [6.45, 7) is 0. The molecule has 0 radical (unpaired) electrons. The number of amides is 1. The van der Waals surface area contributed by atoms with Crippen LogP contribution < -0.4 is 11.3 Å². The van der Waals surface area contributed by atoms with E-state index in [2.05, 4.69) is 11.8 Å². The predicted molar refractivity (Wildman–Crippen MR) is 55.7 cm³/mol. The van der Waals surface area contributed by atoms with Crippen molar-refractivity contribution in [2.45, 2.75) is 0 Å². The molecule has 0 spiro atoms. The van der Waals surface area contributed by atoms with Crippen molar-refractivity contribution in [3.63, 3.8) is 0 Å². The summed E-state index contributed by atoms with van der Waals surface area (Å²) in [6, 6.07) is 6.79. The molecule has 0 atom stereocenters. The fourth-order valence-corrected chi connectivity index (χ4v) is 0.991. The van der Waals surface area contributed by atoms with Gasteiger partial charge in [-0.2, -0.15) is 0 Å². The van der Waals surface area contributed by atoms with Gasteiger partial charge in [-0.15, -0.1) is 11.6 Å². The highest BCUT2D eigenvalue weighted by Gasteiger charge is 2.00. The van der Waals surface area contributed by atoms with Crippen molar-refractivity contribution in [1.29, 1.82) is 0 Å². The molecule has 1 aromatic carbocycles. The van der Waals surface area contributed by atoms with Crippen molar-refractivity contribution < 1.29 is 4.79 Å². The molecule has 0 heterocycles. The van der Waals surface area contributed by atoms with E-state index >= 15 is 0 Å². The first-order valence-electron chi connectivity index (χ1n) is 3.93. The van der Waals surface area contributed by atoms with Crippen LogP contribution in [0.1, 0.15) is 15.9 Å². The summed E-state index contributed by atoms with van der Waals surface area (Å²) in [5, 5.41) is 0. The maximum absolute atomic E-state index is 11.0. The Labute approximate surface area is 87.2 Å². The van der Waals surface area contributed by atoms with E-state index in [9.17, 15) is 4.79 Å². The van der Waals surface area contributed by atoms with Crippen LogP contribution in [0.5, 0.6) is 0 Å². The third-order valence-corrected chi connectivity index (χ3v) is 1.71. The molecule has 1 rings (SSSR count). The molecule has 1 aromatic rings. The molecule has 3 N–H and O–H groups in total. The molecule has 0 saturated carbocycles. The van der Waals surface area contributed by atoms with Gasteiger partial charge in [0.05, 0.1) is 5.88 Å². The Hall–Kier alpha value is -1.50. The first kappa shape index (κ1) is 10.6. The number of benzene rings is 1. The Morgan fingerprint density at radius 2 is 2.07 bits per heavy atom. The summed E-state index contributed by atoms with van der Waals surface area (Å²) in [4.78, 5) is 11.0. The third kappa shape index (κ3) is 2.77. The van der Waals surface area contributed by atoms with Gasteiger partial charge in [-0.05, 0) is 24.3 Å². The smallest absolute Gasteiger partial charge is 0.265 e. The van der Waals surface area contributed by atoms with E-state index in [-0.39, 0.29) is 5.91 Å². The standard InChI is InChI=1S/C10H9ClN2O/c11-7-1-2-8-3-5-9(6-4-8)10(14)13-12/h3-6H,7,12H2,(H,13,14). The number of carbonyl (C=O) groups excluding carboxylic acids is 1. The number of carbonyl (C=O) groups is 1. The van der Waals surface area contributed by atoms with Crippen molar-refractivity contribution in [2.75, 3.05) is 5.88 Å². The number of hydrogen-bond acceptors (Lipinski definition) is 2. The van der Waals surface area contributed by atoms with Crippen molar-refractivity contribution in [3.8, 4) is 11.8 Å². The number of hydrogen-bond donors (Lipinski definition) is 2. The van der Waals surface area contributed by atoms with Gasteiger partial charge in [-0.25, -0.2) is 5.84 Å². The minimum Gasteiger partial charge on any atom is -0.290 e. The molecule has 0 aromatic heterocycles. The van der Waals surface area contributed by atoms with Crippen LogP contribution in [-0.4, -0.2) is 11.8 Å². The number of alkyl halides is 1. The van der Waals surface area contributed by atoms with E-state index in [0.717, 1.165) is 5.56 Å². The van der Waals surface area contributed by atoms with Gasteiger partial charge in [0, 0.05) is 11.1 Å². The molecule has 0 saturated heterocycles. The van der Waals surface area contributed by atoms with E-state index in [0.29, 0.717) is 11.4 Å². The van der Waals surface area contributed by atoms with E-state index in [1.165, 1.54) is 0 Å². The number of nitrogen functional groups attached to an aromatic ring is 1. The highest BCUT2D eigenvalue weighted by atomic mass is 35.5. The molecule has 0 aliphatic carbocycles. The largest absolute Gasteiger partial charge is 0.290 e. The predicted octanol–water partition coefficient (Wildman–Crippen LogP) is 0.880. The lowest BCUT2D eigenvalue weighted by Crippen LogP contribution is -2.29. The Morgan fingerprint density at radius 1 is 1.43 bits per heavy atom. The van der Waals surface area contributed by atoms with Crippen LogP contribution in [0.4, 0.5) is 0 Å². The lowest BCUT2D eigenvalue weighted by molar-refractivity contribution is 0.0953. The number of rotatable bonds is 1. The molecule has 0 fully saturated rings. The minimum absolute atomic E-state index is 0.297. The molecule has 72 valence electrons. The van der Waals surface area contributed by atoms with E-state index in [1.54, 1.807) is 24.3 Å². The van der Waals surface area contributed by atoms with Crippen molar-refractivity contribution in [2.24, 2.45) is 5.84 Å². The topological polar surface area (TPSA) is 55.1 Å². The first-order valence-corrected chi connectivity index (χ1v) is 4.47. The second kappa shape index (κ2) is 5.28. The van der Waals surface area contributed by atoms with Crippen molar-refractivity contribution in [3.05, 3.63) is 35.4 Å². The summed E-state index contributed by atoms with van der Waals surface area (Å²) in [7, 11) is 0. The monoisotopic (exact) mass is 208 g/mol. The summed E-state index contributed by atoms with van der Waals surface area (Å²) in [5.74, 6) is 10.5. The van der Waals surface area contributed by atoms with Crippen LogP contribution in [0.15, 0.2) is 24.3 Å². The van der Waals surface area contributed by atoms with Crippen LogP contribution in [0.3, 0.4) is 0 Å². The molecule has 0 aliphatic rings. The van der Waals surface area contributed by atoms with Gasteiger partial charge >= 0.3 is 0 Å².